The molecule has 0 saturated carbocycles. The van der Waals surface area contributed by atoms with Crippen LogP contribution in [0.4, 0.5) is 5.95 Å². The summed E-state index contributed by atoms with van der Waals surface area (Å²) < 4.78 is 0. The third-order valence-corrected chi connectivity index (χ3v) is 3.37. The topological polar surface area (TPSA) is 49.2 Å². The van der Waals surface area contributed by atoms with Gasteiger partial charge >= 0.3 is 0 Å². The van der Waals surface area contributed by atoms with E-state index in [1.165, 1.54) is 0 Å². The lowest BCUT2D eigenvalue weighted by molar-refractivity contribution is 0.00751. The second-order valence-electron chi connectivity index (χ2n) is 5.32. The van der Waals surface area contributed by atoms with Gasteiger partial charge in [-0.3, -0.25) is 0 Å². The van der Waals surface area contributed by atoms with Gasteiger partial charge in [-0.2, -0.15) is 0 Å². The van der Waals surface area contributed by atoms with Crippen LogP contribution in [0.25, 0.3) is 0 Å². The molecule has 4 heteroatoms. The van der Waals surface area contributed by atoms with Crippen LogP contribution in [-0.4, -0.2) is 33.8 Å². The van der Waals surface area contributed by atoms with Crippen LogP contribution >= 0.6 is 0 Å². The summed E-state index contributed by atoms with van der Waals surface area (Å²) in [7, 11) is 0. The smallest absolute Gasteiger partial charge is 0.225 e. The second kappa shape index (κ2) is 4.26. The van der Waals surface area contributed by atoms with Gasteiger partial charge in [0, 0.05) is 11.4 Å². The molecule has 4 nitrogen and oxygen atoms in total. The molecule has 0 bridgehead atoms. The predicted molar refractivity (Wildman–Crippen MR) is 68.3 cm³/mol. The van der Waals surface area contributed by atoms with E-state index in [1.54, 1.807) is 0 Å². The summed E-state index contributed by atoms with van der Waals surface area (Å²) >= 11 is 0. The zero-order valence-electron chi connectivity index (χ0n) is 11.1. The van der Waals surface area contributed by atoms with Gasteiger partial charge in [-0.15, -0.1) is 0 Å². The Hall–Kier alpha value is -1.16. The van der Waals surface area contributed by atoms with Gasteiger partial charge in [0.2, 0.25) is 5.95 Å². The average Bonchev–Trinajstić information content (AvgIpc) is 2.23. The number of anilines is 1. The fourth-order valence-electron chi connectivity index (χ4n) is 2.04. The van der Waals surface area contributed by atoms with E-state index in [4.69, 9.17) is 0 Å². The molecule has 2 heterocycles. The standard InChI is InChI=1S/C13H21N3O/c1-5-13(17)7-16(8-13)12-14-10(4)6-11(15-12)9(2)3/h6,9,17H,5,7-8H2,1-4H3. The van der Waals surface area contributed by atoms with Gasteiger partial charge in [0.25, 0.3) is 0 Å². The van der Waals surface area contributed by atoms with Crippen molar-refractivity contribution in [3.8, 4) is 0 Å². The molecule has 0 spiro atoms. The highest BCUT2D eigenvalue weighted by Crippen LogP contribution is 2.28. The fraction of sp³-hybridized carbons (Fsp3) is 0.692. The van der Waals surface area contributed by atoms with Crippen molar-refractivity contribution in [3.63, 3.8) is 0 Å². The third-order valence-electron chi connectivity index (χ3n) is 3.37. The molecule has 1 aromatic heterocycles. The van der Waals surface area contributed by atoms with Crippen molar-refractivity contribution in [3.05, 3.63) is 17.5 Å². The Morgan fingerprint density at radius 1 is 1.41 bits per heavy atom. The summed E-state index contributed by atoms with van der Waals surface area (Å²) in [5, 5.41) is 10.0. The first-order valence-corrected chi connectivity index (χ1v) is 6.26. The molecule has 2 rings (SSSR count). The van der Waals surface area contributed by atoms with E-state index in [0.717, 1.165) is 23.8 Å². The van der Waals surface area contributed by atoms with Crippen molar-refractivity contribution in [1.82, 2.24) is 9.97 Å². The van der Waals surface area contributed by atoms with E-state index in [-0.39, 0.29) is 0 Å². The van der Waals surface area contributed by atoms with Crippen LogP contribution in [0, 0.1) is 6.92 Å². The van der Waals surface area contributed by atoms with Crippen molar-refractivity contribution >= 4 is 5.95 Å². The van der Waals surface area contributed by atoms with Crippen molar-refractivity contribution in [2.24, 2.45) is 0 Å². The predicted octanol–water partition coefficient (Wildman–Crippen LogP) is 1.87. The first kappa shape index (κ1) is 12.3. The molecule has 1 aromatic rings. The Balaban J connectivity index is 2.18. The van der Waals surface area contributed by atoms with Crippen molar-refractivity contribution in [2.45, 2.75) is 45.6 Å². The minimum Gasteiger partial charge on any atom is -0.386 e. The van der Waals surface area contributed by atoms with Crippen LogP contribution in [0.5, 0.6) is 0 Å². The highest BCUT2D eigenvalue weighted by atomic mass is 16.3. The monoisotopic (exact) mass is 235 g/mol. The molecule has 0 aliphatic carbocycles. The Kier molecular flexibility index (Phi) is 3.08. The summed E-state index contributed by atoms with van der Waals surface area (Å²) in [6.07, 6.45) is 0.784. The van der Waals surface area contributed by atoms with Crippen LogP contribution in [0.3, 0.4) is 0 Å². The lowest BCUT2D eigenvalue weighted by Crippen LogP contribution is -2.62. The minimum atomic E-state index is -0.537. The van der Waals surface area contributed by atoms with Crippen molar-refractivity contribution in [1.29, 1.82) is 0 Å². The number of hydrogen-bond acceptors (Lipinski definition) is 4. The maximum atomic E-state index is 10.0. The fourth-order valence-corrected chi connectivity index (χ4v) is 2.04. The molecule has 17 heavy (non-hydrogen) atoms. The van der Waals surface area contributed by atoms with E-state index in [1.807, 2.05) is 24.8 Å². The van der Waals surface area contributed by atoms with E-state index >= 15 is 0 Å². The molecule has 0 atom stereocenters. The Labute approximate surface area is 103 Å². The van der Waals surface area contributed by atoms with Gasteiger partial charge < -0.3 is 10.0 Å². The first-order valence-electron chi connectivity index (χ1n) is 6.26. The van der Waals surface area contributed by atoms with Gasteiger partial charge in [0.05, 0.1) is 18.7 Å². The highest BCUT2D eigenvalue weighted by molar-refractivity contribution is 5.39. The minimum absolute atomic E-state index is 0.404. The van der Waals surface area contributed by atoms with Crippen LogP contribution < -0.4 is 4.90 Å². The average molecular weight is 235 g/mol. The number of rotatable bonds is 3. The SMILES string of the molecule is CCC1(O)CN(c2nc(C)cc(C(C)C)n2)C1. The molecular weight excluding hydrogens is 214 g/mol. The molecular formula is C13H21N3O. The van der Waals surface area contributed by atoms with Gasteiger partial charge in [0.15, 0.2) is 0 Å². The number of β-amino-alcohol motifs (C(OH)–C–C–N with tert-alkyl or cyclic N) is 1. The molecule has 0 amide bonds. The summed E-state index contributed by atoms with van der Waals surface area (Å²) in [6.45, 7) is 9.54. The molecule has 0 aromatic carbocycles. The zero-order chi connectivity index (χ0) is 12.6. The Bertz CT molecular complexity index is 411. The molecule has 1 aliphatic heterocycles. The summed E-state index contributed by atoms with van der Waals surface area (Å²) in [5.74, 6) is 1.16. The van der Waals surface area contributed by atoms with Crippen molar-refractivity contribution in [2.75, 3.05) is 18.0 Å². The zero-order valence-corrected chi connectivity index (χ0v) is 11.1. The van der Waals surface area contributed by atoms with Gasteiger partial charge in [0.1, 0.15) is 0 Å². The van der Waals surface area contributed by atoms with Gasteiger partial charge in [-0.05, 0) is 25.3 Å². The van der Waals surface area contributed by atoms with E-state index < -0.39 is 5.60 Å². The third kappa shape index (κ3) is 2.41. The lowest BCUT2D eigenvalue weighted by atomic mass is 9.92. The van der Waals surface area contributed by atoms with Crippen LogP contribution in [0.15, 0.2) is 6.07 Å². The maximum absolute atomic E-state index is 10.0. The number of aryl methyl sites for hydroxylation is 1. The number of nitrogens with zero attached hydrogens (tertiary/aromatic N) is 3. The van der Waals surface area contributed by atoms with Crippen molar-refractivity contribution < 1.29 is 5.11 Å². The van der Waals surface area contributed by atoms with Gasteiger partial charge in [-0.25, -0.2) is 9.97 Å². The summed E-state index contributed by atoms with van der Waals surface area (Å²) in [6, 6.07) is 2.03. The first-order chi connectivity index (χ1) is 7.93. The normalized spacial score (nSPS) is 18.4. The van der Waals surface area contributed by atoms with Crippen LogP contribution in [0.2, 0.25) is 0 Å². The quantitative estimate of drug-likeness (QED) is 0.869. The molecule has 1 aliphatic rings. The Morgan fingerprint density at radius 3 is 2.59 bits per heavy atom. The maximum Gasteiger partial charge on any atom is 0.225 e. The van der Waals surface area contributed by atoms with Gasteiger partial charge in [-0.1, -0.05) is 20.8 Å². The number of hydrogen-bond donors (Lipinski definition) is 1. The van der Waals surface area contributed by atoms with E-state index in [2.05, 4.69) is 23.8 Å². The summed E-state index contributed by atoms with van der Waals surface area (Å²) in [5.41, 5.74) is 1.52. The van der Waals surface area contributed by atoms with E-state index in [0.29, 0.717) is 19.0 Å². The highest BCUT2D eigenvalue weighted by Gasteiger charge is 2.40. The lowest BCUT2D eigenvalue weighted by Gasteiger charge is -2.46. The summed E-state index contributed by atoms with van der Waals surface area (Å²) in [4.78, 5) is 11.0. The molecule has 0 radical (unpaired) electrons. The van der Waals surface area contributed by atoms with E-state index in [9.17, 15) is 5.11 Å². The molecule has 1 fully saturated rings. The van der Waals surface area contributed by atoms with Crippen LogP contribution in [-0.2, 0) is 0 Å². The molecule has 94 valence electrons. The molecule has 1 saturated heterocycles. The molecule has 0 unspecified atom stereocenters. The number of aliphatic hydroxyl groups is 1. The molecule has 1 N–H and O–H groups in total. The Morgan fingerprint density at radius 2 is 2.06 bits per heavy atom. The largest absolute Gasteiger partial charge is 0.386 e. The number of aromatic nitrogens is 2. The van der Waals surface area contributed by atoms with Crippen LogP contribution in [0.1, 0.15) is 44.5 Å². The second-order valence-corrected chi connectivity index (χ2v) is 5.32.